The molecule has 1 fully saturated rings. The predicted molar refractivity (Wildman–Crippen MR) is 130 cm³/mol. The second-order valence-corrected chi connectivity index (χ2v) is 17.1. The van der Waals surface area contributed by atoms with Gasteiger partial charge in [-0.15, -0.1) is 0 Å². The van der Waals surface area contributed by atoms with Gasteiger partial charge in [-0.1, -0.05) is 94.4 Å². The van der Waals surface area contributed by atoms with Gasteiger partial charge in [0, 0.05) is 17.6 Å². The summed E-state index contributed by atoms with van der Waals surface area (Å²) in [6.45, 7) is 27.6. The Labute approximate surface area is 187 Å². The standard InChI is InChI=1S/C26H46O3Si/c1-18(2)30(19(3)4,20(5)6)29-17-26(10,11)23-15-21(24-27-12-13-28-24)14-22(16-23)25(7,8)9/h14-16,18-20,24H,12-13,17H2,1-11H3. The highest BCUT2D eigenvalue weighted by Crippen LogP contribution is 2.44. The molecule has 0 amide bonds. The molecule has 0 unspecified atom stereocenters. The highest BCUT2D eigenvalue weighted by Gasteiger charge is 2.46. The molecule has 1 aromatic carbocycles. The Hall–Kier alpha value is -0.683. The van der Waals surface area contributed by atoms with E-state index in [1.54, 1.807) is 0 Å². The fourth-order valence-electron chi connectivity index (χ4n) is 5.05. The van der Waals surface area contributed by atoms with Crippen LogP contribution in [0.25, 0.3) is 0 Å². The van der Waals surface area contributed by atoms with E-state index in [0.29, 0.717) is 29.8 Å². The summed E-state index contributed by atoms with van der Waals surface area (Å²) in [6, 6.07) is 6.90. The Bertz CT molecular complexity index is 673. The van der Waals surface area contributed by atoms with E-state index < -0.39 is 8.32 Å². The molecule has 4 heteroatoms. The predicted octanol–water partition coefficient (Wildman–Crippen LogP) is 7.50. The molecule has 0 aromatic heterocycles. The van der Waals surface area contributed by atoms with Crippen molar-refractivity contribution in [1.29, 1.82) is 0 Å². The first-order valence-electron chi connectivity index (χ1n) is 11.7. The fraction of sp³-hybridized carbons (Fsp3) is 0.769. The molecular formula is C26H46O3Si. The van der Waals surface area contributed by atoms with Crippen LogP contribution in [0.5, 0.6) is 0 Å². The lowest BCUT2D eigenvalue weighted by Crippen LogP contribution is -2.49. The molecule has 2 rings (SSSR count). The van der Waals surface area contributed by atoms with Gasteiger partial charge in [0.05, 0.1) is 13.2 Å². The maximum absolute atomic E-state index is 7.00. The zero-order chi connectivity index (χ0) is 22.9. The molecule has 1 heterocycles. The first kappa shape index (κ1) is 25.6. The van der Waals surface area contributed by atoms with Gasteiger partial charge in [-0.25, -0.2) is 0 Å². The minimum absolute atomic E-state index is 0.0621. The van der Waals surface area contributed by atoms with Crippen LogP contribution in [0.2, 0.25) is 16.6 Å². The van der Waals surface area contributed by atoms with Crippen molar-refractivity contribution < 1.29 is 13.9 Å². The van der Waals surface area contributed by atoms with Gasteiger partial charge < -0.3 is 13.9 Å². The quantitative estimate of drug-likeness (QED) is 0.396. The minimum Gasteiger partial charge on any atom is -0.415 e. The first-order chi connectivity index (χ1) is 13.7. The van der Waals surface area contributed by atoms with Crippen LogP contribution in [0.4, 0.5) is 0 Å². The Kier molecular flexibility index (Phi) is 8.05. The molecule has 1 aromatic rings. The molecule has 1 saturated heterocycles. The molecule has 0 N–H and O–H groups in total. The second kappa shape index (κ2) is 9.44. The number of ether oxygens (including phenoxy) is 2. The van der Waals surface area contributed by atoms with Crippen molar-refractivity contribution in [3.05, 3.63) is 34.9 Å². The topological polar surface area (TPSA) is 27.7 Å². The monoisotopic (exact) mass is 434 g/mol. The van der Waals surface area contributed by atoms with Crippen LogP contribution in [0.1, 0.15) is 99.1 Å². The Morgan fingerprint density at radius 3 is 1.73 bits per heavy atom. The molecule has 30 heavy (non-hydrogen) atoms. The zero-order valence-corrected chi connectivity index (χ0v) is 22.4. The van der Waals surface area contributed by atoms with Gasteiger partial charge in [-0.05, 0) is 33.2 Å². The third-order valence-electron chi connectivity index (χ3n) is 6.89. The third-order valence-corrected chi connectivity index (χ3v) is 12.9. The van der Waals surface area contributed by atoms with Crippen molar-refractivity contribution in [1.82, 2.24) is 0 Å². The molecular weight excluding hydrogens is 388 g/mol. The van der Waals surface area contributed by atoms with Gasteiger partial charge in [-0.2, -0.15) is 0 Å². The van der Waals surface area contributed by atoms with Gasteiger partial charge in [0.15, 0.2) is 14.6 Å². The summed E-state index contributed by atoms with van der Waals surface area (Å²) < 4.78 is 18.7. The number of benzene rings is 1. The number of hydrogen-bond donors (Lipinski definition) is 0. The Morgan fingerprint density at radius 2 is 1.30 bits per heavy atom. The normalized spacial score (nSPS) is 17.0. The molecule has 3 nitrogen and oxygen atoms in total. The van der Waals surface area contributed by atoms with E-state index in [4.69, 9.17) is 13.9 Å². The van der Waals surface area contributed by atoms with Crippen LogP contribution in [0.15, 0.2) is 18.2 Å². The maximum Gasteiger partial charge on any atom is 0.200 e. The van der Waals surface area contributed by atoms with E-state index in [1.165, 1.54) is 11.1 Å². The Morgan fingerprint density at radius 1 is 0.833 bits per heavy atom. The van der Waals surface area contributed by atoms with Crippen molar-refractivity contribution in [2.45, 2.75) is 110 Å². The van der Waals surface area contributed by atoms with E-state index in [-0.39, 0.29) is 17.1 Å². The van der Waals surface area contributed by atoms with E-state index in [2.05, 4.69) is 94.4 Å². The molecule has 0 bridgehead atoms. The van der Waals surface area contributed by atoms with Crippen LogP contribution in [0, 0.1) is 0 Å². The van der Waals surface area contributed by atoms with E-state index in [0.717, 1.165) is 12.2 Å². The van der Waals surface area contributed by atoms with Crippen LogP contribution < -0.4 is 0 Å². The second-order valence-electron chi connectivity index (χ2n) is 11.7. The van der Waals surface area contributed by atoms with Crippen molar-refractivity contribution in [2.75, 3.05) is 19.8 Å². The first-order valence-corrected chi connectivity index (χ1v) is 13.9. The van der Waals surface area contributed by atoms with Gasteiger partial charge in [0.25, 0.3) is 0 Å². The molecule has 0 radical (unpaired) electrons. The van der Waals surface area contributed by atoms with Crippen LogP contribution >= 0.6 is 0 Å². The summed E-state index contributed by atoms with van der Waals surface area (Å²) in [5.74, 6) is 0. The molecule has 0 aliphatic carbocycles. The van der Waals surface area contributed by atoms with Gasteiger partial charge >= 0.3 is 0 Å². The van der Waals surface area contributed by atoms with Crippen LogP contribution in [0.3, 0.4) is 0 Å². The van der Waals surface area contributed by atoms with Crippen molar-refractivity contribution in [2.24, 2.45) is 0 Å². The summed E-state index contributed by atoms with van der Waals surface area (Å²) in [5, 5.41) is 0. The summed E-state index contributed by atoms with van der Waals surface area (Å²) in [7, 11) is -1.91. The summed E-state index contributed by atoms with van der Waals surface area (Å²) in [4.78, 5) is 0. The molecule has 1 aliphatic rings. The van der Waals surface area contributed by atoms with E-state index in [1.807, 2.05) is 0 Å². The highest BCUT2D eigenvalue weighted by molar-refractivity contribution is 6.77. The molecule has 0 saturated carbocycles. The molecule has 1 aliphatic heterocycles. The summed E-state index contributed by atoms with van der Waals surface area (Å²) >= 11 is 0. The smallest absolute Gasteiger partial charge is 0.200 e. The average molecular weight is 435 g/mol. The van der Waals surface area contributed by atoms with E-state index >= 15 is 0 Å². The minimum atomic E-state index is -1.91. The summed E-state index contributed by atoms with van der Waals surface area (Å²) in [5.41, 5.74) is 5.49. The van der Waals surface area contributed by atoms with Crippen molar-refractivity contribution >= 4 is 8.32 Å². The third kappa shape index (κ3) is 5.38. The van der Waals surface area contributed by atoms with Crippen molar-refractivity contribution in [3.8, 4) is 0 Å². The summed E-state index contributed by atoms with van der Waals surface area (Å²) in [6.07, 6.45) is -0.252. The maximum atomic E-state index is 7.00. The van der Waals surface area contributed by atoms with Crippen molar-refractivity contribution in [3.63, 3.8) is 0 Å². The lowest BCUT2D eigenvalue weighted by atomic mass is 9.79. The van der Waals surface area contributed by atoms with Crippen LogP contribution in [-0.4, -0.2) is 28.1 Å². The average Bonchev–Trinajstić information content (AvgIpc) is 3.14. The molecule has 0 spiro atoms. The number of hydrogen-bond acceptors (Lipinski definition) is 3. The molecule has 0 atom stereocenters. The van der Waals surface area contributed by atoms with Gasteiger partial charge in [0.1, 0.15) is 0 Å². The lowest BCUT2D eigenvalue weighted by Gasteiger charge is -2.44. The van der Waals surface area contributed by atoms with E-state index in [9.17, 15) is 0 Å². The zero-order valence-electron chi connectivity index (χ0n) is 21.4. The SMILES string of the molecule is CC(C)[Si](OCC(C)(C)c1cc(C2OCCO2)cc(C(C)(C)C)c1)(C(C)C)C(C)C. The molecule has 172 valence electrons. The largest absolute Gasteiger partial charge is 0.415 e. The fourth-order valence-corrected chi connectivity index (χ4v) is 10.7. The number of rotatable bonds is 8. The highest BCUT2D eigenvalue weighted by atomic mass is 28.4. The lowest BCUT2D eigenvalue weighted by molar-refractivity contribution is -0.0442. The Balaban J connectivity index is 2.41. The van der Waals surface area contributed by atoms with Gasteiger partial charge in [0.2, 0.25) is 0 Å². The van der Waals surface area contributed by atoms with Crippen LogP contribution in [-0.2, 0) is 24.7 Å². The van der Waals surface area contributed by atoms with Gasteiger partial charge in [-0.3, -0.25) is 0 Å².